The third kappa shape index (κ3) is 4.16. The lowest BCUT2D eigenvalue weighted by molar-refractivity contribution is -0.117. The predicted octanol–water partition coefficient (Wildman–Crippen LogP) is 3.08. The Bertz CT molecular complexity index is 903. The van der Waals surface area contributed by atoms with E-state index in [4.69, 9.17) is 9.47 Å². The van der Waals surface area contributed by atoms with Crippen LogP contribution in [0.5, 0.6) is 11.5 Å². The third-order valence-corrected chi connectivity index (χ3v) is 4.57. The van der Waals surface area contributed by atoms with Crippen molar-refractivity contribution in [3.63, 3.8) is 0 Å². The van der Waals surface area contributed by atoms with Gasteiger partial charge in [-0.2, -0.15) is 0 Å². The van der Waals surface area contributed by atoms with E-state index in [-0.39, 0.29) is 18.4 Å². The molecule has 0 saturated carbocycles. The van der Waals surface area contributed by atoms with Crippen molar-refractivity contribution in [1.29, 1.82) is 0 Å². The molecule has 3 amide bonds. The maximum absolute atomic E-state index is 13.6. The van der Waals surface area contributed by atoms with E-state index in [0.717, 1.165) is 0 Å². The van der Waals surface area contributed by atoms with E-state index < -0.39 is 11.8 Å². The second-order valence-electron chi connectivity index (χ2n) is 6.51. The minimum absolute atomic E-state index is 0.112. The summed E-state index contributed by atoms with van der Waals surface area (Å²) in [6, 6.07) is 8.80. The standard InChI is InChI=1S/C20H22FN3O4/c1-12-4-5-13(8-16(12)21)22-20(26)23-14-9-19(25)24(11-14)15-6-7-17(27-2)18(10-15)28-3/h4-8,10,14H,9,11H2,1-3H3,(H2,22,23,26)/t14-/m0/s1. The van der Waals surface area contributed by atoms with E-state index in [1.165, 1.54) is 20.3 Å². The summed E-state index contributed by atoms with van der Waals surface area (Å²) < 4.78 is 24.1. The minimum Gasteiger partial charge on any atom is -0.493 e. The van der Waals surface area contributed by atoms with Crippen LogP contribution >= 0.6 is 0 Å². The van der Waals surface area contributed by atoms with Crippen LogP contribution in [-0.4, -0.2) is 38.7 Å². The Morgan fingerprint density at radius 3 is 2.57 bits per heavy atom. The molecule has 2 aromatic carbocycles. The molecular formula is C20H22FN3O4. The van der Waals surface area contributed by atoms with E-state index >= 15 is 0 Å². The Morgan fingerprint density at radius 2 is 1.89 bits per heavy atom. The van der Waals surface area contributed by atoms with Crippen molar-refractivity contribution in [2.24, 2.45) is 0 Å². The van der Waals surface area contributed by atoms with Crippen LogP contribution in [0.25, 0.3) is 0 Å². The van der Waals surface area contributed by atoms with E-state index in [1.807, 2.05) is 0 Å². The molecule has 0 aromatic heterocycles. The van der Waals surface area contributed by atoms with Crippen molar-refractivity contribution in [3.05, 3.63) is 47.8 Å². The topological polar surface area (TPSA) is 79.9 Å². The molecular weight excluding hydrogens is 365 g/mol. The molecule has 2 N–H and O–H groups in total. The van der Waals surface area contributed by atoms with Gasteiger partial charge in [0.25, 0.3) is 0 Å². The highest BCUT2D eigenvalue weighted by molar-refractivity contribution is 5.98. The zero-order valence-corrected chi connectivity index (χ0v) is 15.9. The number of ether oxygens (including phenoxy) is 2. The van der Waals surface area contributed by atoms with Crippen LogP contribution < -0.4 is 25.0 Å². The lowest BCUT2D eigenvalue weighted by atomic mass is 10.2. The zero-order valence-electron chi connectivity index (χ0n) is 15.9. The molecule has 1 atom stereocenters. The molecule has 7 nitrogen and oxygen atoms in total. The van der Waals surface area contributed by atoms with E-state index in [1.54, 1.807) is 42.2 Å². The van der Waals surface area contributed by atoms with E-state index in [2.05, 4.69) is 10.6 Å². The fraction of sp³-hybridized carbons (Fsp3) is 0.300. The van der Waals surface area contributed by atoms with Gasteiger partial charge in [-0.3, -0.25) is 4.79 Å². The van der Waals surface area contributed by atoms with Gasteiger partial charge >= 0.3 is 6.03 Å². The average molecular weight is 387 g/mol. The number of carbonyl (C=O) groups excluding carboxylic acids is 2. The predicted molar refractivity (Wildman–Crippen MR) is 104 cm³/mol. The van der Waals surface area contributed by atoms with Crippen molar-refractivity contribution in [1.82, 2.24) is 5.32 Å². The molecule has 1 aliphatic rings. The third-order valence-electron chi connectivity index (χ3n) is 4.57. The Hall–Kier alpha value is -3.29. The molecule has 1 aliphatic heterocycles. The lowest BCUT2D eigenvalue weighted by Gasteiger charge is -2.19. The number of hydrogen-bond acceptors (Lipinski definition) is 4. The second kappa shape index (κ2) is 8.16. The first kappa shape index (κ1) is 19.5. The summed E-state index contributed by atoms with van der Waals surface area (Å²) in [5, 5.41) is 5.34. The van der Waals surface area contributed by atoms with Crippen molar-refractivity contribution in [3.8, 4) is 11.5 Å². The maximum atomic E-state index is 13.6. The smallest absolute Gasteiger partial charge is 0.319 e. The number of nitrogens with one attached hydrogen (secondary N) is 2. The van der Waals surface area contributed by atoms with E-state index in [9.17, 15) is 14.0 Å². The first-order valence-corrected chi connectivity index (χ1v) is 8.77. The van der Waals surface area contributed by atoms with Gasteiger partial charge in [0.05, 0.1) is 20.3 Å². The monoisotopic (exact) mass is 387 g/mol. The van der Waals surface area contributed by atoms with Gasteiger partial charge in [-0.05, 0) is 36.8 Å². The number of benzene rings is 2. The van der Waals surface area contributed by atoms with Gasteiger partial charge in [0, 0.05) is 30.4 Å². The number of carbonyl (C=O) groups is 2. The van der Waals surface area contributed by atoms with Crippen LogP contribution in [0, 0.1) is 12.7 Å². The summed E-state index contributed by atoms with van der Waals surface area (Å²) in [4.78, 5) is 26.2. The fourth-order valence-electron chi connectivity index (χ4n) is 3.07. The van der Waals surface area contributed by atoms with Gasteiger partial charge in [0.2, 0.25) is 5.91 Å². The van der Waals surface area contributed by atoms with Crippen LogP contribution in [0.4, 0.5) is 20.6 Å². The van der Waals surface area contributed by atoms with E-state index in [0.29, 0.717) is 35.0 Å². The highest BCUT2D eigenvalue weighted by Crippen LogP contribution is 2.33. The largest absolute Gasteiger partial charge is 0.493 e. The fourth-order valence-corrected chi connectivity index (χ4v) is 3.07. The Labute approximate surface area is 162 Å². The Balaban J connectivity index is 1.64. The van der Waals surface area contributed by atoms with Crippen LogP contribution in [0.1, 0.15) is 12.0 Å². The molecule has 148 valence electrons. The van der Waals surface area contributed by atoms with Crippen molar-refractivity contribution in [2.75, 3.05) is 31.0 Å². The number of aryl methyl sites for hydroxylation is 1. The zero-order chi connectivity index (χ0) is 20.3. The van der Waals surface area contributed by atoms with Crippen molar-refractivity contribution >= 4 is 23.3 Å². The normalized spacial score (nSPS) is 16.1. The van der Waals surface area contributed by atoms with Gasteiger partial charge in [-0.25, -0.2) is 9.18 Å². The van der Waals surface area contributed by atoms with Crippen LogP contribution in [-0.2, 0) is 4.79 Å². The first-order chi connectivity index (χ1) is 13.4. The number of nitrogens with zero attached hydrogens (tertiary/aromatic N) is 1. The molecule has 0 aliphatic carbocycles. The molecule has 1 fully saturated rings. The SMILES string of the molecule is COc1ccc(N2C[C@@H](NC(=O)Nc3ccc(C)c(F)c3)CC2=O)cc1OC. The molecule has 0 spiro atoms. The quantitative estimate of drug-likeness (QED) is 0.826. The molecule has 0 radical (unpaired) electrons. The molecule has 3 rings (SSSR count). The highest BCUT2D eigenvalue weighted by Gasteiger charge is 2.32. The summed E-state index contributed by atoms with van der Waals surface area (Å²) >= 11 is 0. The van der Waals surface area contributed by atoms with Gasteiger partial charge < -0.3 is 25.0 Å². The van der Waals surface area contributed by atoms with Crippen LogP contribution in [0.2, 0.25) is 0 Å². The summed E-state index contributed by atoms with van der Waals surface area (Å²) in [5.74, 6) is 0.577. The van der Waals surface area contributed by atoms with Crippen molar-refractivity contribution < 1.29 is 23.5 Å². The van der Waals surface area contributed by atoms with Gasteiger partial charge in [-0.1, -0.05) is 6.07 Å². The average Bonchev–Trinajstić information content (AvgIpc) is 3.04. The summed E-state index contributed by atoms with van der Waals surface area (Å²) in [6.45, 7) is 1.97. The minimum atomic E-state index is -0.491. The van der Waals surface area contributed by atoms with Crippen LogP contribution in [0.3, 0.4) is 0 Å². The lowest BCUT2D eigenvalue weighted by Crippen LogP contribution is -2.39. The number of anilines is 2. The number of halogens is 1. The second-order valence-corrected chi connectivity index (χ2v) is 6.51. The van der Waals surface area contributed by atoms with Gasteiger partial charge in [-0.15, -0.1) is 0 Å². The molecule has 2 aromatic rings. The number of amides is 3. The first-order valence-electron chi connectivity index (χ1n) is 8.77. The summed E-state index contributed by atoms with van der Waals surface area (Å²) in [7, 11) is 3.06. The summed E-state index contributed by atoms with van der Waals surface area (Å²) in [6.07, 6.45) is 0.171. The molecule has 1 saturated heterocycles. The Morgan fingerprint density at radius 1 is 1.14 bits per heavy atom. The van der Waals surface area contributed by atoms with Crippen LogP contribution in [0.15, 0.2) is 36.4 Å². The molecule has 28 heavy (non-hydrogen) atoms. The summed E-state index contributed by atoms with van der Waals surface area (Å²) in [5.41, 5.74) is 1.51. The van der Waals surface area contributed by atoms with Gasteiger partial charge in [0.1, 0.15) is 5.82 Å². The highest BCUT2D eigenvalue weighted by atomic mass is 19.1. The number of hydrogen-bond donors (Lipinski definition) is 2. The molecule has 8 heteroatoms. The number of rotatable bonds is 5. The number of methoxy groups -OCH3 is 2. The molecule has 0 unspecified atom stereocenters. The van der Waals surface area contributed by atoms with Gasteiger partial charge in [0.15, 0.2) is 11.5 Å². The molecule has 0 bridgehead atoms. The van der Waals surface area contributed by atoms with Crippen molar-refractivity contribution in [2.45, 2.75) is 19.4 Å². The number of urea groups is 1. The molecule has 1 heterocycles. The maximum Gasteiger partial charge on any atom is 0.319 e. The Kier molecular flexibility index (Phi) is 5.67.